The van der Waals surface area contributed by atoms with Crippen molar-refractivity contribution in [1.82, 2.24) is 63.8 Å². The third kappa shape index (κ3) is 28.3. The van der Waals surface area contributed by atoms with Gasteiger partial charge in [0, 0.05) is 102 Å². The van der Waals surface area contributed by atoms with E-state index in [4.69, 9.17) is 23.7 Å². The van der Waals surface area contributed by atoms with E-state index in [2.05, 4.69) is 25.6 Å². The first-order valence-electron chi connectivity index (χ1n) is 40.6. The molecule has 7 amide bonds. The Kier molecular flexibility index (Phi) is 36.7. The van der Waals surface area contributed by atoms with Gasteiger partial charge >= 0.3 is 25.0 Å². The average molecular weight is 1750 g/mol. The van der Waals surface area contributed by atoms with Crippen LogP contribution < -0.4 is 39.0 Å². The molecule has 3 N–H and O–H groups in total. The Balaban J connectivity index is 0.000000269. The fraction of sp³-hybridized carbons (Fsp3) is 0.359. The largest absolute Gasteiger partial charge is 1.00 e. The maximum atomic E-state index is 14.7. The number of likely N-dealkylation sites (N-methyl/N-ethyl adjacent to an activating group) is 1. The summed E-state index contributed by atoms with van der Waals surface area (Å²) in [4.78, 5) is 127. The smallest absolute Gasteiger partial charge is 0.870 e. The van der Waals surface area contributed by atoms with Crippen LogP contribution in [0.15, 0.2) is 207 Å². The van der Waals surface area contributed by atoms with E-state index in [1.54, 1.807) is 143 Å². The van der Waals surface area contributed by atoms with Gasteiger partial charge in [-0.05, 0) is 223 Å². The summed E-state index contributed by atoms with van der Waals surface area (Å²) in [6.07, 6.45) is 9.17. The number of methoxy groups -OCH3 is 2. The first-order chi connectivity index (χ1) is 59.7. The zero-order chi connectivity index (χ0) is 90.3. The van der Waals surface area contributed by atoms with E-state index in [0.717, 1.165) is 21.7 Å². The zero-order valence-corrected chi connectivity index (χ0v) is 72.5. The zero-order valence-electron chi connectivity index (χ0n) is 72.5. The minimum atomic E-state index is -1.23. The number of imidazole rings is 3. The van der Waals surface area contributed by atoms with E-state index in [-0.39, 0.29) is 111 Å². The quantitative estimate of drug-likeness (QED) is 0.0225. The maximum absolute atomic E-state index is 14.7. The van der Waals surface area contributed by atoms with Crippen LogP contribution in [-0.4, -0.2) is 227 Å². The van der Waals surface area contributed by atoms with Gasteiger partial charge in [0.15, 0.2) is 0 Å². The molecule has 0 bridgehead atoms. The molecule has 2 fully saturated rings. The first-order valence-corrected chi connectivity index (χ1v) is 40.6. The van der Waals surface area contributed by atoms with Crippen LogP contribution in [0.4, 0.5) is 35.5 Å². The number of nitrogens with zero attached hydrogens (tertiary/aromatic N) is 11. The number of halogens is 7. The second-order valence-electron chi connectivity index (χ2n) is 31.4. The summed E-state index contributed by atoms with van der Waals surface area (Å²) in [6, 6.07) is 35.8. The first kappa shape index (κ1) is 99.9. The van der Waals surface area contributed by atoms with Crippen molar-refractivity contribution in [3.63, 3.8) is 0 Å². The van der Waals surface area contributed by atoms with Crippen molar-refractivity contribution in [2.24, 2.45) is 5.92 Å². The van der Waals surface area contributed by atoms with E-state index in [1.807, 2.05) is 6.92 Å². The van der Waals surface area contributed by atoms with Crippen molar-refractivity contribution >= 4 is 47.8 Å². The summed E-state index contributed by atoms with van der Waals surface area (Å²) >= 11 is 0. The average Bonchev–Trinajstić information content (AvgIpc) is 1.75. The molecule has 127 heavy (non-hydrogen) atoms. The molecule has 2 aliphatic rings. The molecule has 35 heteroatoms. The van der Waals surface area contributed by atoms with Gasteiger partial charge in [0.1, 0.15) is 112 Å². The monoisotopic (exact) mass is 1750 g/mol. The number of hydrogen-bond acceptors (Lipinski definition) is 17. The molecule has 10 aromatic rings. The summed E-state index contributed by atoms with van der Waals surface area (Å²) in [6.45, 7) is 14.2. The fourth-order valence-corrected chi connectivity index (χ4v) is 13.7. The summed E-state index contributed by atoms with van der Waals surface area (Å²) in [7, 11) is 4.28. The Hall–Kier alpha value is -12.5. The van der Waals surface area contributed by atoms with Crippen LogP contribution in [0.25, 0.3) is 17.1 Å². The summed E-state index contributed by atoms with van der Waals surface area (Å²) in [5, 5.41) is 5.65. The molecule has 5 heterocycles. The van der Waals surface area contributed by atoms with E-state index in [9.17, 15) is 69.1 Å². The second kappa shape index (κ2) is 46.7. The molecule has 0 radical (unpaired) electrons. The minimum absolute atomic E-state index is 0. The number of carbonyl (C=O) groups excluding carboxylic acids is 8. The van der Waals surface area contributed by atoms with Crippen molar-refractivity contribution in [2.75, 3.05) is 60.5 Å². The molecule has 12 rings (SSSR count). The Morgan fingerprint density at radius 3 is 1.16 bits per heavy atom. The number of aromatic nitrogens is 6. The molecule has 2 aliphatic heterocycles. The number of amides is 7. The summed E-state index contributed by atoms with van der Waals surface area (Å²) < 4.78 is 129. The molecule has 0 saturated carbocycles. The van der Waals surface area contributed by atoms with Crippen molar-refractivity contribution in [2.45, 2.75) is 148 Å². The molecule has 0 unspecified atom stereocenters. The van der Waals surface area contributed by atoms with Gasteiger partial charge in [0.2, 0.25) is 23.6 Å². The Morgan fingerprint density at radius 1 is 0.496 bits per heavy atom. The third-order valence-electron chi connectivity index (χ3n) is 21.3. The number of benzene rings is 7. The molecule has 27 nitrogen and oxygen atoms in total. The molecule has 2 saturated heterocycles. The number of nitrogens with one attached hydrogen (secondary N) is 2. The number of likely N-dealkylation sites (tertiary alicyclic amines) is 2. The van der Waals surface area contributed by atoms with Gasteiger partial charge < -0.3 is 77.9 Å². The molecule has 3 aromatic heterocycles. The van der Waals surface area contributed by atoms with Crippen LogP contribution in [0.5, 0.6) is 11.5 Å². The van der Waals surface area contributed by atoms with E-state index in [0.29, 0.717) is 48.6 Å². The Morgan fingerprint density at radius 2 is 0.827 bits per heavy atom. The van der Waals surface area contributed by atoms with Crippen LogP contribution in [0, 0.1) is 46.6 Å². The van der Waals surface area contributed by atoms with Crippen LogP contribution in [0.1, 0.15) is 112 Å². The Labute approximate surface area is 744 Å². The predicted octanol–water partition coefficient (Wildman–Crippen LogP) is 9.68. The van der Waals surface area contributed by atoms with Crippen molar-refractivity contribution < 1.29 is 117 Å². The van der Waals surface area contributed by atoms with Gasteiger partial charge in [-0.25, -0.2) is 45.5 Å². The molecular weight excluding hydrogens is 1650 g/mol. The SMILES string of the molecule is CC[C@@H](C)C(=O)N[C@H](C(=O)N1C[C@@H](Oc2ccc(F)cc2)C[C@H]1CN(CCc1ccc(F)cc1)C(=O)c1cn(-c2ccc(F)cc2)cn1)[C@@H](C)OC.CO[C@H](C)[C@H](NC(=O)[C@H](C)N(C)C(=O)OC(C)(C)C)C(=O)N1C[C@@H](Oc2ccc(F)cc2)C[C@H]1CN(CCc1ccc(F)cc1)C(=O)c1cn(-c2ccc(F)cc2)cn1.O=[C-]c1cn(-c2ccc(F)cc2)cn1.[Li+].[OH-]. The van der Waals surface area contributed by atoms with Crippen LogP contribution in [-0.2, 0) is 51.0 Å². The van der Waals surface area contributed by atoms with Crippen molar-refractivity contribution in [1.29, 1.82) is 0 Å². The normalized spacial score (nSPS) is 16.0. The summed E-state index contributed by atoms with van der Waals surface area (Å²) in [5.74, 6) is -5.02. The number of hydrogen-bond donors (Lipinski definition) is 2. The van der Waals surface area contributed by atoms with E-state index in [1.165, 1.54) is 174 Å². The molecule has 10 atom stereocenters. The van der Waals surface area contributed by atoms with Crippen LogP contribution in [0.3, 0.4) is 0 Å². The maximum Gasteiger partial charge on any atom is 1.00 e. The third-order valence-corrected chi connectivity index (χ3v) is 21.3. The molecule has 0 aliphatic carbocycles. The predicted molar refractivity (Wildman–Crippen MR) is 451 cm³/mol. The van der Waals surface area contributed by atoms with Crippen molar-refractivity contribution in [3.05, 3.63) is 276 Å². The second-order valence-corrected chi connectivity index (χ2v) is 31.4. The number of rotatable bonds is 32. The van der Waals surface area contributed by atoms with Gasteiger partial charge in [0.25, 0.3) is 11.8 Å². The molecule has 0 spiro atoms. The van der Waals surface area contributed by atoms with Crippen LogP contribution >= 0.6 is 0 Å². The number of ether oxygens (including phenoxy) is 5. The standard InChI is InChI=1S/C43H51F3N6O7.C39H44F3N5O5.C10H6FN2O.Li.H2O/c1-27(49(6)42(56)59-43(3,4)5)39(53)48-38(28(2)57-7)41(55)52-24-36(58-35-18-14-32(46)15-19-35)22-34(52)23-50(21-20-29-8-10-30(44)11-9-29)40(54)37-25-51(26-47-37)33-16-12-31(45)13-17-33;1-5-25(2)37(48)44-36(26(3)51-4)39(50)47-22-34(52-33-16-12-30(42)13-17-33)20-32(47)21-45(19-18-27-6-8-28(40)9-7-27)38(49)35-23-46(24-43-35)31-14-10-29(41)11-15-31;11-8-1-3-10(4-2-8)13-5-9(6-14)12-7-13;;/h8-19,25-28,34,36,38H,20-24H2,1-7H3,(H,48,53);6-17,23-26,32,34,36H,5,18-22H2,1-4H3,(H,44,48);1-5,7H;;1H2/q;;-1;+1;/p-1/t27-,28+,34-,36-,38-;25-,26-,32+,34+,36+;;;/m01.../s1. The molecule has 670 valence electrons. The van der Waals surface area contributed by atoms with Crippen LogP contribution in [0.2, 0.25) is 0 Å². The molecule has 7 aromatic carbocycles. The van der Waals surface area contributed by atoms with E-state index < -0.39 is 125 Å². The van der Waals surface area contributed by atoms with Gasteiger partial charge in [-0.3, -0.25) is 38.7 Å². The van der Waals surface area contributed by atoms with Gasteiger partial charge in [-0.2, -0.15) is 0 Å². The topological polar surface area (TPSA) is 306 Å². The fourth-order valence-electron chi connectivity index (χ4n) is 13.7. The van der Waals surface area contributed by atoms with Gasteiger partial charge in [-0.1, -0.05) is 38.1 Å². The minimum Gasteiger partial charge on any atom is -0.870 e. The number of carbonyl (C=O) groups is 7. The van der Waals surface area contributed by atoms with E-state index >= 15 is 0 Å². The van der Waals surface area contributed by atoms with Gasteiger partial charge in [0.05, 0.1) is 43.7 Å². The molecular formula is C92H102F7LiN13O14-. The van der Waals surface area contributed by atoms with Gasteiger partial charge in [-0.15, -0.1) is 6.20 Å². The Bertz CT molecular complexity index is 5250. The summed E-state index contributed by atoms with van der Waals surface area (Å²) in [5.41, 5.74) is 3.14. The van der Waals surface area contributed by atoms with Crippen molar-refractivity contribution in [3.8, 4) is 28.6 Å².